The van der Waals surface area contributed by atoms with Crippen molar-refractivity contribution >= 4 is 39.2 Å². The van der Waals surface area contributed by atoms with Gasteiger partial charge >= 0.3 is 0 Å². The minimum atomic E-state index is -0.0373. The number of carbonyl (C=O) groups excluding carboxylic acids is 1. The number of nitrogens with zero attached hydrogens (tertiary/aromatic N) is 2. The predicted molar refractivity (Wildman–Crippen MR) is 114 cm³/mol. The van der Waals surface area contributed by atoms with Gasteiger partial charge in [0.15, 0.2) is 5.16 Å². The maximum absolute atomic E-state index is 12.9. The van der Waals surface area contributed by atoms with Gasteiger partial charge in [-0.2, -0.15) is 0 Å². The molecule has 1 aliphatic heterocycles. The molecule has 2 aliphatic carbocycles. The molecule has 7 heteroatoms. The number of aromatic nitrogens is 2. The van der Waals surface area contributed by atoms with Crippen molar-refractivity contribution in [3.63, 3.8) is 0 Å². The van der Waals surface area contributed by atoms with Crippen LogP contribution in [0.25, 0.3) is 10.2 Å². The zero-order valence-corrected chi connectivity index (χ0v) is 17.8. The van der Waals surface area contributed by atoms with Crippen LogP contribution in [0.5, 0.6) is 0 Å². The number of fused-ring (bicyclic) bond motifs is 4. The number of nitrogens with one attached hydrogen (secondary N) is 1. The Morgan fingerprint density at radius 1 is 1.14 bits per heavy atom. The zero-order valence-electron chi connectivity index (χ0n) is 16.2. The number of thioether (sulfide) groups is 1. The molecule has 2 aromatic heterocycles. The van der Waals surface area contributed by atoms with E-state index in [1.807, 2.05) is 0 Å². The van der Waals surface area contributed by atoms with E-state index in [0.717, 1.165) is 48.9 Å². The number of carbonyl (C=O) groups is 1. The average molecular weight is 418 g/mol. The van der Waals surface area contributed by atoms with Gasteiger partial charge in [0.05, 0.1) is 11.1 Å². The Morgan fingerprint density at radius 2 is 1.96 bits per heavy atom. The predicted octanol–water partition coefficient (Wildman–Crippen LogP) is 4.14. The summed E-state index contributed by atoms with van der Waals surface area (Å²) in [5.74, 6) is 1.26. The molecule has 0 aromatic carbocycles. The van der Waals surface area contributed by atoms with Gasteiger partial charge in [0, 0.05) is 17.5 Å². The highest BCUT2D eigenvalue weighted by molar-refractivity contribution is 7.99. The van der Waals surface area contributed by atoms with E-state index in [0.29, 0.717) is 22.9 Å². The highest BCUT2D eigenvalue weighted by Gasteiger charge is 2.35. The maximum atomic E-state index is 12.9. The molecule has 0 radical (unpaired) electrons. The van der Waals surface area contributed by atoms with Gasteiger partial charge in [-0.1, -0.05) is 24.6 Å². The van der Waals surface area contributed by atoms with E-state index >= 15 is 0 Å². The Labute approximate surface area is 173 Å². The summed E-state index contributed by atoms with van der Waals surface area (Å²) >= 11 is 3.05. The number of rotatable bonds is 3. The fourth-order valence-electron chi connectivity index (χ4n) is 5.36. The van der Waals surface area contributed by atoms with Crippen molar-refractivity contribution in [2.75, 3.05) is 12.3 Å². The fourth-order valence-corrected chi connectivity index (χ4v) is 7.43. The lowest BCUT2D eigenvalue weighted by atomic mass is 9.78. The molecule has 150 valence electrons. The molecule has 3 aliphatic rings. The second kappa shape index (κ2) is 7.82. The molecule has 5 rings (SSSR count). The van der Waals surface area contributed by atoms with Crippen LogP contribution >= 0.6 is 23.1 Å². The van der Waals surface area contributed by atoms with Crippen LogP contribution in [0.2, 0.25) is 0 Å². The monoisotopic (exact) mass is 417 g/mol. The van der Waals surface area contributed by atoms with E-state index in [4.69, 9.17) is 4.98 Å². The van der Waals surface area contributed by atoms with Crippen molar-refractivity contribution in [1.82, 2.24) is 14.9 Å². The maximum Gasteiger partial charge on any atom is 0.260 e. The number of amides is 1. The molecule has 1 N–H and O–H groups in total. The first-order valence-electron chi connectivity index (χ1n) is 10.7. The lowest BCUT2D eigenvalue weighted by molar-refractivity contribution is -0.134. The van der Waals surface area contributed by atoms with Gasteiger partial charge in [-0.05, 0) is 62.8 Å². The first-order valence-corrected chi connectivity index (χ1v) is 12.5. The molecule has 28 heavy (non-hydrogen) atoms. The van der Waals surface area contributed by atoms with Crippen molar-refractivity contribution in [3.05, 3.63) is 20.8 Å². The van der Waals surface area contributed by atoms with Crippen LogP contribution in [-0.4, -0.2) is 39.1 Å². The van der Waals surface area contributed by atoms with Gasteiger partial charge in [0.1, 0.15) is 4.83 Å². The number of hydrogen-bond acceptors (Lipinski definition) is 5. The number of H-pyrrole nitrogens is 1. The van der Waals surface area contributed by atoms with Crippen LogP contribution in [0.4, 0.5) is 0 Å². The number of piperidine rings is 1. The molecule has 3 heterocycles. The number of aryl methyl sites for hydroxylation is 2. The molecule has 1 amide bonds. The van der Waals surface area contributed by atoms with Gasteiger partial charge in [0.2, 0.25) is 5.91 Å². The van der Waals surface area contributed by atoms with Crippen molar-refractivity contribution in [2.24, 2.45) is 5.92 Å². The van der Waals surface area contributed by atoms with Gasteiger partial charge < -0.3 is 9.88 Å². The first kappa shape index (κ1) is 18.7. The molecule has 1 saturated carbocycles. The minimum Gasteiger partial charge on any atom is -0.339 e. The third-order valence-corrected chi connectivity index (χ3v) is 8.74. The van der Waals surface area contributed by atoms with Crippen LogP contribution < -0.4 is 5.56 Å². The molecule has 2 atom stereocenters. The van der Waals surface area contributed by atoms with Crippen LogP contribution in [0.1, 0.15) is 61.8 Å². The SMILES string of the molecule is O=C(CSc1nc2sc3c(c2c(=O)[nH]1)CCCC3)N1CCC[C@@H]2CCCC[C@@H]21. The molecule has 1 saturated heterocycles. The van der Waals surface area contributed by atoms with Crippen LogP contribution in [0, 0.1) is 5.92 Å². The fraction of sp³-hybridized carbons (Fsp3) is 0.667. The summed E-state index contributed by atoms with van der Waals surface area (Å²) in [4.78, 5) is 37.5. The second-order valence-electron chi connectivity index (χ2n) is 8.39. The Kier molecular flexibility index (Phi) is 5.22. The standard InChI is InChI=1S/C21H27N3O2S2/c25-17(24-11-5-7-13-6-1-3-9-15(13)24)12-27-21-22-19(26)18-14-8-2-4-10-16(14)28-20(18)23-21/h13,15H,1-12H2,(H,22,23,26)/t13-,15-/m0/s1. The smallest absolute Gasteiger partial charge is 0.260 e. The van der Waals surface area contributed by atoms with Gasteiger partial charge in [-0.25, -0.2) is 4.98 Å². The van der Waals surface area contributed by atoms with E-state index in [2.05, 4.69) is 9.88 Å². The molecule has 0 spiro atoms. The molecule has 0 unspecified atom stereocenters. The third kappa shape index (κ3) is 3.41. The largest absolute Gasteiger partial charge is 0.339 e. The Bertz CT molecular complexity index is 949. The lowest BCUT2D eigenvalue weighted by Gasteiger charge is -2.44. The summed E-state index contributed by atoms with van der Waals surface area (Å²) < 4.78 is 0. The van der Waals surface area contributed by atoms with Gasteiger partial charge in [-0.3, -0.25) is 9.59 Å². The van der Waals surface area contributed by atoms with Crippen molar-refractivity contribution < 1.29 is 4.79 Å². The Morgan fingerprint density at radius 3 is 2.89 bits per heavy atom. The van der Waals surface area contributed by atoms with Gasteiger partial charge in [0.25, 0.3) is 5.56 Å². The zero-order chi connectivity index (χ0) is 19.1. The number of thiophene rings is 1. The first-order chi connectivity index (χ1) is 13.7. The molecule has 2 fully saturated rings. The van der Waals surface area contributed by atoms with E-state index in [9.17, 15) is 9.59 Å². The number of hydrogen-bond donors (Lipinski definition) is 1. The van der Waals surface area contributed by atoms with Crippen molar-refractivity contribution in [2.45, 2.75) is 75.4 Å². The summed E-state index contributed by atoms with van der Waals surface area (Å²) in [7, 11) is 0. The highest BCUT2D eigenvalue weighted by atomic mass is 32.2. The Balaban J connectivity index is 1.31. The molecular formula is C21H27N3O2S2. The summed E-state index contributed by atoms with van der Waals surface area (Å²) in [5.41, 5.74) is 1.17. The third-order valence-electron chi connectivity index (χ3n) is 6.70. The quantitative estimate of drug-likeness (QED) is 0.602. The second-order valence-corrected chi connectivity index (χ2v) is 10.4. The lowest BCUT2D eigenvalue weighted by Crippen LogP contribution is -2.50. The van der Waals surface area contributed by atoms with Crippen LogP contribution in [0.3, 0.4) is 0 Å². The number of likely N-dealkylation sites (tertiary alicyclic amines) is 1. The minimum absolute atomic E-state index is 0.0373. The van der Waals surface area contributed by atoms with E-state index in [1.54, 1.807) is 11.3 Å². The van der Waals surface area contributed by atoms with E-state index in [-0.39, 0.29) is 11.5 Å². The molecule has 5 nitrogen and oxygen atoms in total. The summed E-state index contributed by atoms with van der Waals surface area (Å²) in [6.45, 7) is 0.890. The van der Waals surface area contributed by atoms with E-state index in [1.165, 1.54) is 54.3 Å². The Hall–Kier alpha value is -1.34. The molecule has 2 aromatic rings. The van der Waals surface area contributed by atoms with Crippen LogP contribution in [-0.2, 0) is 17.6 Å². The topological polar surface area (TPSA) is 66.1 Å². The van der Waals surface area contributed by atoms with E-state index < -0.39 is 0 Å². The summed E-state index contributed by atoms with van der Waals surface area (Å²) in [5, 5.41) is 1.37. The van der Waals surface area contributed by atoms with Crippen molar-refractivity contribution in [1.29, 1.82) is 0 Å². The average Bonchev–Trinajstić information content (AvgIpc) is 3.10. The summed E-state index contributed by atoms with van der Waals surface area (Å²) in [6, 6.07) is 0.439. The molecular weight excluding hydrogens is 390 g/mol. The molecule has 0 bridgehead atoms. The number of aromatic amines is 1. The van der Waals surface area contributed by atoms with Crippen molar-refractivity contribution in [3.8, 4) is 0 Å². The highest BCUT2D eigenvalue weighted by Crippen LogP contribution is 2.36. The normalized spacial score (nSPS) is 24.8. The van der Waals surface area contributed by atoms with Gasteiger partial charge in [-0.15, -0.1) is 11.3 Å². The summed E-state index contributed by atoms with van der Waals surface area (Å²) in [6.07, 6.45) is 11.8. The van der Waals surface area contributed by atoms with Crippen LogP contribution in [0.15, 0.2) is 9.95 Å².